The van der Waals surface area contributed by atoms with Crippen LogP contribution in [0.3, 0.4) is 0 Å². The molecule has 0 saturated heterocycles. The van der Waals surface area contributed by atoms with Crippen LogP contribution in [0.25, 0.3) is 20.7 Å². The zero-order chi connectivity index (χ0) is 16.4. The molecule has 3 rings (SSSR count). The van der Waals surface area contributed by atoms with Gasteiger partial charge in [0.1, 0.15) is 16.9 Å². The molecular formula is C16H20N3O2S2+. The summed E-state index contributed by atoms with van der Waals surface area (Å²) < 4.78 is 5.16. The summed E-state index contributed by atoms with van der Waals surface area (Å²) in [6.07, 6.45) is 0. The Morgan fingerprint density at radius 1 is 1.39 bits per heavy atom. The molecule has 122 valence electrons. The van der Waals surface area contributed by atoms with E-state index in [1.54, 1.807) is 18.4 Å². The highest BCUT2D eigenvalue weighted by atomic mass is 32.1. The fourth-order valence-corrected chi connectivity index (χ4v) is 4.47. The first-order chi connectivity index (χ1) is 11.1. The molecule has 0 amide bonds. The Morgan fingerprint density at radius 2 is 2.22 bits per heavy atom. The van der Waals surface area contributed by atoms with Crippen molar-refractivity contribution in [2.75, 3.05) is 13.7 Å². The van der Waals surface area contributed by atoms with E-state index < -0.39 is 0 Å². The van der Waals surface area contributed by atoms with E-state index in [0.717, 1.165) is 15.3 Å². The molecule has 3 aromatic rings. The van der Waals surface area contributed by atoms with Crippen molar-refractivity contribution in [3.63, 3.8) is 0 Å². The number of nitrogens with one attached hydrogen (secondary N) is 1. The molecule has 0 aliphatic heterocycles. The van der Waals surface area contributed by atoms with Crippen LogP contribution in [0.4, 0.5) is 0 Å². The molecule has 0 aliphatic rings. The number of quaternary nitrogens is 1. The van der Waals surface area contributed by atoms with Crippen molar-refractivity contribution < 1.29 is 10.1 Å². The number of aromatic nitrogens is 2. The summed E-state index contributed by atoms with van der Waals surface area (Å²) in [6.45, 7) is 4.80. The molecule has 0 spiro atoms. The van der Waals surface area contributed by atoms with Crippen molar-refractivity contribution in [2.45, 2.75) is 25.9 Å². The number of H-pyrrole nitrogens is 1. The minimum atomic E-state index is -0.0608. The van der Waals surface area contributed by atoms with Crippen LogP contribution in [-0.2, 0) is 4.74 Å². The van der Waals surface area contributed by atoms with E-state index in [9.17, 15) is 4.79 Å². The summed E-state index contributed by atoms with van der Waals surface area (Å²) in [5, 5.41) is 6.88. The van der Waals surface area contributed by atoms with Gasteiger partial charge in [0.2, 0.25) is 0 Å². The fraction of sp³-hybridized carbons (Fsp3) is 0.375. The van der Waals surface area contributed by atoms with Gasteiger partial charge < -0.3 is 15.0 Å². The first-order valence-electron chi connectivity index (χ1n) is 7.49. The largest absolute Gasteiger partial charge is 0.379 e. The van der Waals surface area contributed by atoms with Crippen molar-refractivity contribution >= 4 is 32.9 Å². The van der Waals surface area contributed by atoms with Gasteiger partial charge in [-0.15, -0.1) is 22.7 Å². The molecular weight excluding hydrogens is 330 g/mol. The molecule has 0 aliphatic carbocycles. The molecule has 0 aromatic carbocycles. The molecule has 0 bridgehead atoms. The first-order valence-corrected chi connectivity index (χ1v) is 9.25. The second-order valence-corrected chi connectivity index (χ2v) is 7.48. The van der Waals surface area contributed by atoms with Crippen molar-refractivity contribution in [1.29, 1.82) is 0 Å². The van der Waals surface area contributed by atoms with Crippen molar-refractivity contribution in [3.05, 3.63) is 39.1 Å². The quantitative estimate of drug-likeness (QED) is 0.717. The van der Waals surface area contributed by atoms with Crippen LogP contribution < -0.4 is 10.9 Å². The average molecular weight is 350 g/mol. The van der Waals surface area contributed by atoms with E-state index in [-0.39, 0.29) is 11.6 Å². The average Bonchev–Trinajstić information content (AvgIpc) is 3.15. The molecule has 0 saturated carbocycles. The number of hydrogen-bond acceptors (Lipinski definition) is 5. The predicted octanol–water partition coefficient (Wildman–Crippen LogP) is 2.37. The minimum absolute atomic E-state index is 0.0608. The second-order valence-electron chi connectivity index (χ2n) is 5.67. The normalized spacial score (nSPS) is 14.2. The molecule has 7 heteroatoms. The third-order valence-corrected chi connectivity index (χ3v) is 5.50. The number of nitrogens with two attached hydrogens (primary N) is 1. The summed E-state index contributed by atoms with van der Waals surface area (Å²) in [5.74, 6) is 0.713. The van der Waals surface area contributed by atoms with E-state index in [0.29, 0.717) is 23.9 Å². The molecule has 2 atom stereocenters. The highest BCUT2D eigenvalue weighted by Crippen LogP contribution is 2.33. The molecule has 3 N–H and O–H groups in total. The zero-order valence-electron chi connectivity index (χ0n) is 13.3. The summed E-state index contributed by atoms with van der Waals surface area (Å²) in [5.41, 5.74) is 0.916. The van der Waals surface area contributed by atoms with Gasteiger partial charge in [0.05, 0.1) is 12.0 Å². The van der Waals surface area contributed by atoms with Gasteiger partial charge in [0, 0.05) is 22.9 Å². The van der Waals surface area contributed by atoms with Crippen LogP contribution in [0, 0.1) is 0 Å². The van der Waals surface area contributed by atoms with Gasteiger partial charge in [-0.1, -0.05) is 6.07 Å². The van der Waals surface area contributed by atoms with E-state index in [1.165, 1.54) is 11.3 Å². The van der Waals surface area contributed by atoms with Crippen LogP contribution in [0.1, 0.15) is 25.7 Å². The number of fused-ring (bicyclic) bond motifs is 1. The predicted molar refractivity (Wildman–Crippen MR) is 95.2 cm³/mol. The number of methoxy groups -OCH3 is 1. The monoisotopic (exact) mass is 350 g/mol. The third-order valence-electron chi connectivity index (χ3n) is 3.73. The van der Waals surface area contributed by atoms with Gasteiger partial charge in [-0.05, 0) is 25.3 Å². The van der Waals surface area contributed by atoms with E-state index in [2.05, 4.69) is 22.2 Å². The fourth-order valence-electron chi connectivity index (χ4n) is 2.70. The topological polar surface area (TPSA) is 71.6 Å². The van der Waals surface area contributed by atoms with Gasteiger partial charge in [-0.25, -0.2) is 4.98 Å². The number of hydrogen-bond donors (Lipinski definition) is 2. The lowest BCUT2D eigenvalue weighted by Crippen LogP contribution is -2.90. The van der Waals surface area contributed by atoms with E-state index in [4.69, 9.17) is 4.74 Å². The van der Waals surface area contributed by atoms with Gasteiger partial charge >= 0.3 is 0 Å². The van der Waals surface area contributed by atoms with Crippen LogP contribution in [0.15, 0.2) is 27.7 Å². The molecule has 3 aromatic heterocycles. The Balaban J connectivity index is 1.95. The SMILES string of the molecule is COC[C@H](C)[NH2+][C@H](C)c1nc2scc(-c3cccs3)c2c(=O)[nH]1. The number of aromatic amines is 1. The van der Waals surface area contributed by atoms with Crippen molar-refractivity contribution in [1.82, 2.24) is 9.97 Å². The lowest BCUT2D eigenvalue weighted by atomic mass is 10.2. The van der Waals surface area contributed by atoms with Crippen molar-refractivity contribution in [3.8, 4) is 10.4 Å². The number of nitrogens with zero attached hydrogens (tertiary/aromatic N) is 1. The maximum absolute atomic E-state index is 12.6. The standard InChI is InChI=1S/C16H19N3O2S2/c1-9(7-21-3)17-10(2)14-18-15(20)13-11(8-23-16(13)19-14)12-5-4-6-22-12/h4-6,8-10,17H,7H2,1-3H3,(H,18,19,20)/p+1/t9-,10+/m0/s1. The zero-order valence-corrected chi connectivity index (χ0v) is 15.0. The smallest absolute Gasteiger partial charge is 0.260 e. The Hall–Kier alpha value is -1.54. The van der Waals surface area contributed by atoms with Crippen LogP contribution in [0.5, 0.6) is 0 Å². The second kappa shape index (κ2) is 6.92. The molecule has 0 unspecified atom stereocenters. The molecule has 5 nitrogen and oxygen atoms in total. The Morgan fingerprint density at radius 3 is 2.91 bits per heavy atom. The van der Waals surface area contributed by atoms with Gasteiger partial charge in [-0.3, -0.25) is 4.79 Å². The maximum atomic E-state index is 12.6. The lowest BCUT2D eigenvalue weighted by Gasteiger charge is -2.15. The molecule has 0 fully saturated rings. The number of thiophene rings is 2. The summed E-state index contributed by atoms with van der Waals surface area (Å²) in [7, 11) is 1.69. The molecule has 23 heavy (non-hydrogen) atoms. The van der Waals surface area contributed by atoms with Crippen LogP contribution >= 0.6 is 22.7 Å². The van der Waals surface area contributed by atoms with Gasteiger partial charge in [0.15, 0.2) is 5.82 Å². The molecule has 0 radical (unpaired) electrons. The maximum Gasteiger partial charge on any atom is 0.260 e. The Bertz CT molecular complexity index is 839. The molecule has 3 heterocycles. The van der Waals surface area contributed by atoms with Crippen LogP contribution in [-0.4, -0.2) is 29.7 Å². The number of rotatable bonds is 6. The van der Waals surface area contributed by atoms with E-state index in [1.807, 2.05) is 29.8 Å². The van der Waals surface area contributed by atoms with Gasteiger partial charge in [0.25, 0.3) is 5.56 Å². The highest BCUT2D eigenvalue weighted by molar-refractivity contribution is 7.18. The van der Waals surface area contributed by atoms with Crippen molar-refractivity contribution in [2.24, 2.45) is 0 Å². The van der Waals surface area contributed by atoms with E-state index >= 15 is 0 Å². The van der Waals surface area contributed by atoms with Gasteiger partial charge in [-0.2, -0.15) is 0 Å². The summed E-state index contributed by atoms with van der Waals surface area (Å²) in [4.78, 5) is 22.1. The Labute approximate surface area is 142 Å². The Kier molecular flexibility index (Phi) is 4.91. The highest BCUT2D eigenvalue weighted by Gasteiger charge is 2.19. The summed E-state index contributed by atoms with van der Waals surface area (Å²) in [6, 6.07) is 4.40. The number of ether oxygens (including phenoxy) is 1. The summed E-state index contributed by atoms with van der Waals surface area (Å²) >= 11 is 3.16. The first kappa shape index (κ1) is 16.3. The third kappa shape index (κ3) is 3.37. The van der Waals surface area contributed by atoms with Crippen LogP contribution in [0.2, 0.25) is 0 Å². The minimum Gasteiger partial charge on any atom is -0.379 e. The lowest BCUT2D eigenvalue weighted by molar-refractivity contribution is -0.724.